The molecule has 14 heteroatoms. The summed E-state index contributed by atoms with van der Waals surface area (Å²) in [6.07, 6.45) is 7.59. The number of fused-ring (bicyclic) bond motifs is 5. The molecular formula is C38H58N6O8. The molecule has 0 aromatic heterocycles. The van der Waals surface area contributed by atoms with Crippen molar-refractivity contribution in [2.75, 3.05) is 32.8 Å². The molecule has 2 saturated carbocycles. The van der Waals surface area contributed by atoms with Crippen molar-refractivity contribution in [2.45, 2.75) is 117 Å². The number of piperidine rings is 2. The molecular weight excluding hydrogens is 668 g/mol. The summed E-state index contributed by atoms with van der Waals surface area (Å²) in [5, 5.41) is 11.1. The average molecular weight is 727 g/mol. The van der Waals surface area contributed by atoms with Gasteiger partial charge in [0.25, 0.3) is 5.91 Å². The van der Waals surface area contributed by atoms with Crippen molar-refractivity contribution in [2.24, 2.45) is 34.5 Å². The zero-order valence-electron chi connectivity index (χ0n) is 31.5. The molecule has 7 amide bonds. The summed E-state index contributed by atoms with van der Waals surface area (Å²) < 4.78 is 5.95. The number of urea groups is 1. The molecule has 4 N–H and O–H groups in total. The van der Waals surface area contributed by atoms with Crippen molar-refractivity contribution in [3.63, 3.8) is 0 Å². The second-order valence-electron chi connectivity index (χ2n) is 17.0. The van der Waals surface area contributed by atoms with E-state index in [1.54, 1.807) is 0 Å². The van der Waals surface area contributed by atoms with E-state index >= 15 is 0 Å². The Balaban J connectivity index is 1.34. The van der Waals surface area contributed by atoms with Gasteiger partial charge in [-0.05, 0) is 54.8 Å². The maximum Gasteiger partial charge on any atom is 0.315 e. The Morgan fingerprint density at radius 3 is 2.29 bits per heavy atom. The number of carbonyl (C=O) groups excluding carboxylic acids is 7. The van der Waals surface area contributed by atoms with Crippen molar-refractivity contribution >= 4 is 41.4 Å². The van der Waals surface area contributed by atoms with Gasteiger partial charge in [-0.25, -0.2) is 4.79 Å². The summed E-state index contributed by atoms with van der Waals surface area (Å²) in [5.74, 6) is -3.40. The van der Waals surface area contributed by atoms with Crippen molar-refractivity contribution in [3.05, 3.63) is 12.7 Å². The van der Waals surface area contributed by atoms with Gasteiger partial charge in [-0.1, -0.05) is 66.4 Å². The van der Waals surface area contributed by atoms with E-state index in [-0.39, 0.29) is 67.0 Å². The number of ketones is 1. The average Bonchev–Trinajstić information content (AvgIpc) is 3.46. The largest absolute Gasteiger partial charge is 0.379 e. The van der Waals surface area contributed by atoms with Crippen LogP contribution in [-0.2, 0) is 33.5 Å². The molecule has 0 aromatic rings. The van der Waals surface area contributed by atoms with Crippen LogP contribution in [-0.4, -0.2) is 108 Å². The van der Waals surface area contributed by atoms with Gasteiger partial charge in [0.2, 0.25) is 29.4 Å². The Labute approximate surface area is 306 Å². The second kappa shape index (κ2) is 16.1. The zero-order chi connectivity index (χ0) is 38.0. The van der Waals surface area contributed by atoms with Gasteiger partial charge < -0.3 is 30.9 Å². The van der Waals surface area contributed by atoms with Crippen molar-refractivity contribution in [1.29, 1.82) is 0 Å². The van der Waals surface area contributed by atoms with E-state index < -0.39 is 59.1 Å². The van der Waals surface area contributed by atoms with Gasteiger partial charge >= 0.3 is 6.03 Å². The number of hydrogen-bond donors (Lipinski definition) is 4. The van der Waals surface area contributed by atoms with Crippen LogP contribution in [0.25, 0.3) is 0 Å². The van der Waals surface area contributed by atoms with Gasteiger partial charge in [0.1, 0.15) is 12.1 Å². The number of carbonyl (C=O) groups is 7. The fourth-order valence-corrected chi connectivity index (χ4v) is 8.64. The lowest BCUT2D eigenvalue weighted by molar-refractivity contribution is -0.153. The first-order chi connectivity index (χ1) is 24.6. The maximum atomic E-state index is 14.4. The third-order valence-corrected chi connectivity index (χ3v) is 12.1. The predicted molar refractivity (Wildman–Crippen MR) is 191 cm³/mol. The summed E-state index contributed by atoms with van der Waals surface area (Å²) in [5.41, 5.74) is -0.767. The fraction of sp³-hybridized carbons (Fsp3) is 0.763. The van der Waals surface area contributed by atoms with E-state index in [2.05, 4.69) is 27.8 Å². The lowest BCUT2D eigenvalue weighted by Crippen LogP contribution is -2.62. The van der Waals surface area contributed by atoms with E-state index in [0.29, 0.717) is 38.8 Å². The molecule has 5 fully saturated rings. The van der Waals surface area contributed by atoms with Crippen LogP contribution in [0.3, 0.4) is 0 Å². The number of likely N-dealkylation sites (tertiary alicyclic amines) is 1. The van der Waals surface area contributed by atoms with Gasteiger partial charge in [0, 0.05) is 38.1 Å². The van der Waals surface area contributed by atoms with E-state index in [1.165, 1.54) is 15.9 Å². The monoisotopic (exact) mass is 726 g/mol. The fourth-order valence-electron chi connectivity index (χ4n) is 8.64. The highest BCUT2D eigenvalue weighted by Gasteiger charge is 2.69. The summed E-state index contributed by atoms with van der Waals surface area (Å²) in [4.78, 5) is 97.2. The minimum atomic E-state index is -1.14. The van der Waals surface area contributed by atoms with Crippen LogP contribution >= 0.6 is 0 Å². The quantitative estimate of drug-likeness (QED) is 0.167. The SMILES string of the molecule is C=CCNC(=O)C(=O)[C@@H]1CCCCCCCOC[C@H](NC(=O)N[C@H](CN2C(=O)C3CCC(C3)C2=O)C(C)(C)C)C(=O)N2C[C@H]3[C@@H]([C@H]2C(=O)N1)C3(C)C. The highest BCUT2D eigenvalue weighted by Crippen LogP contribution is 2.65. The Morgan fingerprint density at radius 2 is 1.63 bits per heavy atom. The Kier molecular flexibility index (Phi) is 12.2. The third-order valence-electron chi connectivity index (χ3n) is 12.1. The Hall–Kier alpha value is -3.81. The van der Waals surface area contributed by atoms with Crippen molar-refractivity contribution in [3.8, 4) is 0 Å². The molecule has 8 atom stereocenters. The lowest BCUT2D eigenvalue weighted by Gasteiger charge is -2.38. The number of amides is 7. The molecule has 2 unspecified atom stereocenters. The summed E-state index contributed by atoms with van der Waals surface area (Å²) in [6, 6.07) is -4.36. The van der Waals surface area contributed by atoms with Crippen LogP contribution in [0, 0.1) is 34.5 Å². The van der Waals surface area contributed by atoms with Gasteiger partial charge in [0.05, 0.1) is 18.7 Å². The highest BCUT2D eigenvalue weighted by atomic mass is 16.5. The number of nitrogens with one attached hydrogen (secondary N) is 4. The van der Waals surface area contributed by atoms with E-state index in [0.717, 1.165) is 25.7 Å². The van der Waals surface area contributed by atoms with Crippen LogP contribution in [0.5, 0.6) is 0 Å². The normalized spacial score (nSPS) is 31.5. The first kappa shape index (κ1) is 39.4. The minimum absolute atomic E-state index is 0.0228. The maximum absolute atomic E-state index is 14.4. The molecule has 3 aliphatic heterocycles. The van der Waals surface area contributed by atoms with Gasteiger partial charge in [0.15, 0.2) is 0 Å². The molecule has 0 aromatic carbocycles. The van der Waals surface area contributed by atoms with Crippen LogP contribution in [0.1, 0.15) is 92.4 Å². The second-order valence-corrected chi connectivity index (χ2v) is 17.0. The lowest BCUT2D eigenvalue weighted by atomic mass is 9.85. The number of nitrogens with zero attached hydrogens (tertiary/aromatic N) is 2. The van der Waals surface area contributed by atoms with Gasteiger partial charge in [-0.2, -0.15) is 0 Å². The van der Waals surface area contributed by atoms with Gasteiger partial charge in [-0.15, -0.1) is 6.58 Å². The standard InChI is InChI=1S/C38H58N6O8/c1-7-16-39-32(47)30(45)25-13-11-9-8-10-12-17-52-21-26(35(50)43-19-24-28(38(24,5)6)29(43)31(46)40-25)41-36(51)42-27(37(2,3)4)20-44-33(48)22-14-15-23(18-22)34(44)49/h7,22-29H,1,8-21H2,2-6H3,(H,39,47)(H,40,46)(H2,41,42,51)/t22?,23?,24-,25-,26-,27+,28-,29-/m0/s1. The van der Waals surface area contributed by atoms with Crippen molar-refractivity contribution < 1.29 is 38.3 Å². The first-order valence-electron chi connectivity index (χ1n) is 19.1. The molecule has 0 spiro atoms. The Morgan fingerprint density at radius 1 is 0.981 bits per heavy atom. The molecule has 0 radical (unpaired) electrons. The van der Waals surface area contributed by atoms with E-state index in [1.807, 2.05) is 34.6 Å². The Bertz CT molecular complexity index is 1420. The number of Topliss-reactive ketones (excluding diaryl/α,β-unsaturated/α-hetero) is 1. The van der Waals surface area contributed by atoms with Crippen LogP contribution in [0.15, 0.2) is 12.7 Å². The smallest absolute Gasteiger partial charge is 0.315 e. The number of rotatable bonds is 8. The molecule has 5 rings (SSSR count). The summed E-state index contributed by atoms with van der Waals surface area (Å²) >= 11 is 0. The minimum Gasteiger partial charge on any atom is -0.379 e. The molecule has 3 saturated heterocycles. The third kappa shape index (κ3) is 8.52. The molecule has 2 aliphatic carbocycles. The molecule has 5 aliphatic rings. The number of imide groups is 1. The summed E-state index contributed by atoms with van der Waals surface area (Å²) in [7, 11) is 0. The topological polar surface area (TPSA) is 183 Å². The van der Waals surface area contributed by atoms with Crippen LogP contribution in [0.2, 0.25) is 0 Å². The van der Waals surface area contributed by atoms with Gasteiger partial charge in [-0.3, -0.25) is 33.7 Å². The number of hydrogen-bond acceptors (Lipinski definition) is 8. The van der Waals surface area contributed by atoms with E-state index in [9.17, 15) is 33.6 Å². The summed E-state index contributed by atoms with van der Waals surface area (Å²) in [6.45, 7) is 14.1. The van der Waals surface area contributed by atoms with Crippen molar-refractivity contribution in [1.82, 2.24) is 31.1 Å². The van der Waals surface area contributed by atoms with Crippen LogP contribution < -0.4 is 21.3 Å². The molecule has 14 nitrogen and oxygen atoms in total. The predicted octanol–water partition coefficient (Wildman–Crippen LogP) is 2.06. The first-order valence-corrected chi connectivity index (χ1v) is 19.1. The van der Waals surface area contributed by atoms with Crippen LogP contribution in [0.4, 0.5) is 4.79 Å². The molecule has 288 valence electrons. The highest BCUT2D eigenvalue weighted by molar-refractivity contribution is 6.38. The molecule has 3 heterocycles. The molecule has 2 bridgehead atoms. The number of ether oxygens (including phenoxy) is 1. The zero-order valence-corrected chi connectivity index (χ0v) is 31.5. The molecule has 52 heavy (non-hydrogen) atoms. The van der Waals surface area contributed by atoms with E-state index in [4.69, 9.17) is 4.74 Å².